The maximum atomic E-state index is 10.9. The molecule has 6 heteroatoms. The fourth-order valence-corrected chi connectivity index (χ4v) is 1.74. The van der Waals surface area contributed by atoms with Crippen molar-refractivity contribution < 1.29 is 19.8 Å². The van der Waals surface area contributed by atoms with Crippen LogP contribution >= 0.6 is 0 Å². The fraction of sp³-hybridized carbons (Fsp3) is 0.154. The number of carboxylic acid groups (broad SMARTS) is 2. The minimum Gasteiger partial charge on any atom is -0.481 e. The molecule has 19 heavy (non-hydrogen) atoms. The molecule has 1 aromatic heterocycles. The number of hydrogen-bond donors (Lipinski definition) is 3. The Balaban J connectivity index is 2.25. The summed E-state index contributed by atoms with van der Waals surface area (Å²) in [7, 11) is 0. The van der Waals surface area contributed by atoms with Gasteiger partial charge in [-0.3, -0.25) is 9.79 Å². The topological polar surface area (TPSA) is 103 Å². The molecule has 0 bridgehead atoms. The van der Waals surface area contributed by atoms with Crippen molar-refractivity contribution in [2.45, 2.75) is 12.5 Å². The Labute approximate surface area is 108 Å². The van der Waals surface area contributed by atoms with Crippen LogP contribution in [-0.2, 0) is 9.59 Å². The van der Waals surface area contributed by atoms with E-state index in [0.29, 0.717) is 0 Å². The summed E-state index contributed by atoms with van der Waals surface area (Å²) in [5.41, 5.74) is 1.64. The van der Waals surface area contributed by atoms with Gasteiger partial charge in [0.15, 0.2) is 6.04 Å². The maximum absolute atomic E-state index is 10.9. The van der Waals surface area contributed by atoms with E-state index in [1.165, 1.54) is 6.21 Å². The molecule has 0 aliphatic rings. The molecule has 0 saturated heterocycles. The molecular weight excluding hydrogens is 248 g/mol. The van der Waals surface area contributed by atoms with Crippen molar-refractivity contribution in [3.63, 3.8) is 0 Å². The van der Waals surface area contributed by atoms with E-state index < -0.39 is 24.4 Å². The van der Waals surface area contributed by atoms with Crippen LogP contribution in [-0.4, -0.2) is 39.4 Å². The van der Waals surface area contributed by atoms with Gasteiger partial charge in [0.25, 0.3) is 0 Å². The number of nitrogens with zero attached hydrogens (tertiary/aromatic N) is 1. The normalized spacial score (nSPS) is 12.8. The molecule has 0 radical (unpaired) electrons. The van der Waals surface area contributed by atoms with E-state index >= 15 is 0 Å². The summed E-state index contributed by atoms with van der Waals surface area (Å²) in [5.74, 6) is -2.44. The first-order valence-corrected chi connectivity index (χ1v) is 5.62. The van der Waals surface area contributed by atoms with E-state index in [1.807, 2.05) is 24.3 Å². The number of H-pyrrole nitrogens is 1. The standard InChI is InChI=1S/C13H12N2O4/c16-12(17)5-11(13(18)19)15-7-8-6-14-10-4-2-1-3-9(8)10/h1-4,6-7,11,14H,5H2,(H,16,17)(H,18,19)/t11-/m0/s1. The Morgan fingerprint density at radius 2 is 2.05 bits per heavy atom. The highest BCUT2D eigenvalue weighted by Crippen LogP contribution is 2.16. The number of aromatic amines is 1. The summed E-state index contributed by atoms with van der Waals surface area (Å²) in [5, 5.41) is 18.4. The van der Waals surface area contributed by atoms with E-state index in [4.69, 9.17) is 10.2 Å². The number of aliphatic carboxylic acids is 2. The van der Waals surface area contributed by atoms with E-state index in [0.717, 1.165) is 16.5 Å². The molecule has 1 aromatic carbocycles. The van der Waals surface area contributed by atoms with Gasteiger partial charge in [0.05, 0.1) is 6.42 Å². The minimum absolute atomic E-state index is 0.534. The lowest BCUT2D eigenvalue weighted by atomic mass is 10.2. The second kappa shape index (κ2) is 5.34. The Bertz CT molecular complexity index is 645. The summed E-state index contributed by atoms with van der Waals surface area (Å²) < 4.78 is 0. The fourth-order valence-electron chi connectivity index (χ4n) is 1.74. The number of hydrogen-bond acceptors (Lipinski definition) is 3. The number of para-hydroxylation sites is 1. The lowest BCUT2D eigenvalue weighted by Crippen LogP contribution is -2.21. The lowest BCUT2D eigenvalue weighted by molar-refractivity contribution is -0.144. The van der Waals surface area contributed by atoms with Crippen LogP contribution in [0.2, 0.25) is 0 Å². The quantitative estimate of drug-likeness (QED) is 0.709. The average Bonchev–Trinajstić information content (AvgIpc) is 2.77. The Morgan fingerprint density at radius 3 is 2.74 bits per heavy atom. The Kier molecular flexibility index (Phi) is 3.61. The molecule has 3 N–H and O–H groups in total. The smallest absolute Gasteiger partial charge is 0.329 e. The summed E-state index contributed by atoms with van der Waals surface area (Å²) in [6.07, 6.45) is 2.56. The third kappa shape index (κ3) is 2.98. The third-order valence-electron chi connectivity index (χ3n) is 2.67. The zero-order valence-electron chi connectivity index (χ0n) is 9.91. The molecule has 0 unspecified atom stereocenters. The van der Waals surface area contributed by atoms with Gasteiger partial charge < -0.3 is 15.2 Å². The maximum Gasteiger partial charge on any atom is 0.329 e. The first kappa shape index (κ1) is 12.8. The molecule has 0 amide bonds. The molecule has 1 heterocycles. The molecule has 0 aliphatic carbocycles. The van der Waals surface area contributed by atoms with Crippen LogP contribution in [0.25, 0.3) is 10.9 Å². The molecule has 98 valence electrons. The zero-order chi connectivity index (χ0) is 13.8. The van der Waals surface area contributed by atoms with Gasteiger partial charge in [0.1, 0.15) is 0 Å². The summed E-state index contributed by atoms with van der Waals surface area (Å²) in [4.78, 5) is 28.3. The number of carboxylic acids is 2. The van der Waals surface area contributed by atoms with Crippen LogP contribution in [0.1, 0.15) is 12.0 Å². The molecular formula is C13H12N2O4. The molecule has 0 fully saturated rings. The van der Waals surface area contributed by atoms with Crippen molar-refractivity contribution in [1.82, 2.24) is 4.98 Å². The third-order valence-corrected chi connectivity index (χ3v) is 2.67. The van der Waals surface area contributed by atoms with E-state index in [1.54, 1.807) is 6.20 Å². The number of aliphatic imine (C=N–C) groups is 1. The molecule has 2 aromatic rings. The van der Waals surface area contributed by atoms with Crippen molar-refractivity contribution in [2.75, 3.05) is 0 Å². The number of rotatable bonds is 5. The summed E-state index contributed by atoms with van der Waals surface area (Å²) in [6.45, 7) is 0. The first-order valence-electron chi connectivity index (χ1n) is 5.62. The van der Waals surface area contributed by atoms with Crippen LogP contribution in [0, 0.1) is 0 Å². The van der Waals surface area contributed by atoms with Crippen molar-refractivity contribution in [3.05, 3.63) is 36.0 Å². The molecule has 2 rings (SSSR count). The van der Waals surface area contributed by atoms with Crippen LogP contribution < -0.4 is 0 Å². The summed E-state index contributed by atoms with van der Waals surface area (Å²) in [6, 6.07) is 6.23. The molecule has 1 atom stereocenters. The second-order valence-electron chi connectivity index (χ2n) is 4.02. The van der Waals surface area contributed by atoms with Crippen LogP contribution in [0.15, 0.2) is 35.5 Å². The number of fused-ring (bicyclic) bond motifs is 1. The highest BCUT2D eigenvalue weighted by molar-refractivity contribution is 5.99. The zero-order valence-corrected chi connectivity index (χ0v) is 9.91. The second-order valence-corrected chi connectivity index (χ2v) is 4.02. The van der Waals surface area contributed by atoms with Crippen LogP contribution in [0.3, 0.4) is 0 Å². The van der Waals surface area contributed by atoms with Gasteiger partial charge in [-0.25, -0.2) is 4.79 Å². The number of carbonyl (C=O) groups is 2. The summed E-state index contributed by atoms with van der Waals surface area (Å²) >= 11 is 0. The Morgan fingerprint density at radius 1 is 1.32 bits per heavy atom. The Hall–Kier alpha value is -2.63. The minimum atomic E-state index is -1.27. The van der Waals surface area contributed by atoms with Crippen molar-refractivity contribution in [3.8, 4) is 0 Å². The van der Waals surface area contributed by atoms with Crippen molar-refractivity contribution >= 4 is 29.1 Å². The van der Waals surface area contributed by atoms with Gasteiger partial charge >= 0.3 is 11.9 Å². The number of nitrogens with one attached hydrogen (secondary N) is 1. The lowest BCUT2D eigenvalue weighted by Gasteiger charge is -2.02. The van der Waals surface area contributed by atoms with Gasteiger partial charge in [-0.2, -0.15) is 0 Å². The SMILES string of the molecule is O=C(O)C[C@H](N=Cc1c[nH]c2ccccc12)C(=O)O. The first-order chi connectivity index (χ1) is 9.08. The monoisotopic (exact) mass is 260 g/mol. The van der Waals surface area contributed by atoms with E-state index in [9.17, 15) is 9.59 Å². The number of benzene rings is 1. The van der Waals surface area contributed by atoms with Crippen molar-refractivity contribution in [1.29, 1.82) is 0 Å². The van der Waals surface area contributed by atoms with Crippen LogP contribution in [0.5, 0.6) is 0 Å². The molecule has 0 saturated carbocycles. The van der Waals surface area contributed by atoms with E-state index in [-0.39, 0.29) is 0 Å². The van der Waals surface area contributed by atoms with Gasteiger partial charge in [0, 0.05) is 28.9 Å². The number of aromatic nitrogens is 1. The highest BCUT2D eigenvalue weighted by Gasteiger charge is 2.19. The van der Waals surface area contributed by atoms with Gasteiger partial charge in [0.2, 0.25) is 0 Å². The van der Waals surface area contributed by atoms with Gasteiger partial charge in [-0.05, 0) is 6.07 Å². The highest BCUT2D eigenvalue weighted by atomic mass is 16.4. The van der Waals surface area contributed by atoms with Gasteiger partial charge in [-0.15, -0.1) is 0 Å². The predicted octanol–water partition coefficient (Wildman–Crippen LogP) is 1.51. The predicted molar refractivity (Wildman–Crippen MR) is 69.6 cm³/mol. The van der Waals surface area contributed by atoms with Crippen LogP contribution in [0.4, 0.5) is 0 Å². The molecule has 0 spiro atoms. The van der Waals surface area contributed by atoms with Crippen molar-refractivity contribution in [2.24, 2.45) is 4.99 Å². The van der Waals surface area contributed by atoms with E-state index in [2.05, 4.69) is 9.98 Å². The van der Waals surface area contributed by atoms with Gasteiger partial charge in [-0.1, -0.05) is 18.2 Å². The average molecular weight is 260 g/mol. The molecule has 6 nitrogen and oxygen atoms in total. The molecule has 0 aliphatic heterocycles. The largest absolute Gasteiger partial charge is 0.481 e.